The van der Waals surface area contributed by atoms with E-state index < -0.39 is 10.8 Å². The van der Waals surface area contributed by atoms with Gasteiger partial charge in [0.1, 0.15) is 0 Å². The van der Waals surface area contributed by atoms with E-state index in [1.165, 1.54) is 0 Å². The molecule has 1 N–H and O–H groups in total. The third-order valence-corrected chi connectivity index (χ3v) is 3.70. The van der Waals surface area contributed by atoms with Gasteiger partial charge in [0.25, 0.3) is 0 Å². The summed E-state index contributed by atoms with van der Waals surface area (Å²) in [7, 11) is -0.830. The Morgan fingerprint density at radius 3 is 2.62 bits per heavy atom. The summed E-state index contributed by atoms with van der Waals surface area (Å²) in [6.07, 6.45) is 4.67. The fourth-order valence-electron chi connectivity index (χ4n) is 2.05. The summed E-state index contributed by atoms with van der Waals surface area (Å²) >= 11 is 0. The Morgan fingerprint density at radius 2 is 2.12 bits per heavy atom. The van der Waals surface area contributed by atoms with Crippen LogP contribution in [-0.4, -0.2) is 45.8 Å². The molecular weight excluding hydrogens is 224 g/mol. The summed E-state index contributed by atoms with van der Waals surface area (Å²) in [6, 6.07) is -0.0400. The molecule has 94 valence electrons. The van der Waals surface area contributed by atoms with Crippen LogP contribution in [0.15, 0.2) is 0 Å². The molecule has 1 aliphatic rings. The van der Waals surface area contributed by atoms with Gasteiger partial charge >= 0.3 is 0 Å². The number of amides is 1. The van der Waals surface area contributed by atoms with E-state index in [0.29, 0.717) is 12.3 Å². The Labute approximate surface area is 100 Å². The van der Waals surface area contributed by atoms with Crippen molar-refractivity contribution in [2.75, 3.05) is 18.6 Å². The lowest BCUT2D eigenvalue weighted by atomic mass is 10.2. The fraction of sp³-hybridized carbons (Fsp3) is 0.909. The first-order valence-corrected chi connectivity index (χ1v) is 7.69. The predicted octanol–water partition coefficient (Wildman–Crippen LogP) is 0.702. The largest absolute Gasteiger partial charge is 0.325 e. The van der Waals surface area contributed by atoms with Crippen molar-refractivity contribution in [3.8, 4) is 0 Å². The Balaban J connectivity index is 2.60. The van der Waals surface area contributed by atoms with Gasteiger partial charge in [-0.25, -0.2) is 0 Å². The minimum atomic E-state index is -0.830. The molecule has 0 spiro atoms. The lowest BCUT2D eigenvalue weighted by Gasteiger charge is -2.23. The van der Waals surface area contributed by atoms with Crippen molar-refractivity contribution < 1.29 is 9.00 Å². The van der Waals surface area contributed by atoms with Crippen LogP contribution in [0.4, 0.5) is 0 Å². The second-order valence-corrected chi connectivity index (χ2v) is 5.80. The van der Waals surface area contributed by atoms with Crippen molar-refractivity contribution in [2.45, 2.75) is 45.3 Å². The van der Waals surface area contributed by atoms with Gasteiger partial charge in [0.05, 0.1) is 12.2 Å². The van der Waals surface area contributed by atoms with Crippen molar-refractivity contribution in [3.63, 3.8) is 0 Å². The molecule has 3 unspecified atom stereocenters. The molecule has 0 aromatic carbocycles. The molecule has 1 heterocycles. The number of hydrogen-bond donors (Lipinski definition) is 1. The van der Waals surface area contributed by atoms with Crippen LogP contribution in [-0.2, 0) is 15.6 Å². The van der Waals surface area contributed by atoms with E-state index in [0.717, 1.165) is 19.3 Å². The van der Waals surface area contributed by atoms with E-state index in [-0.39, 0.29) is 18.1 Å². The van der Waals surface area contributed by atoms with Gasteiger partial charge in [-0.1, -0.05) is 20.3 Å². The summed E-state index contributed by atoms with van der Waals surface area (Å²) in [5.74, 6) is 0.746. The third kappa shape index (κ3) is 3.28. The van der Waals surface area contributed by atoms with E-state index >= 15 is 0 Å². The zero-order valence-electron chi connectivity index (χ0n) is 10.4. The summed E-state index contributed by atoms with van der Waals surface area (Å²) in [5, 5.41) is 3.34. The molecule has 4 nitrogen and oxygen atoms in total. The van der Waals surface area contributed by atoms with Crippen LogP contribution in [0.25, 0.3) is 0 Å². The summed E-state index contributed by atoms with van der Waals surface area (Å²) in [6.45, 7) is 4.73. The van der Waals surface area contributed by atoms with Crippen LogP contribution in [0, 0.1) is 0 Å². The quantitative estimate of drug-likeness (QED) is 0.750. The Kier molecular flexibility index (Phi) is 5.41. The minimum Gasteiger partial charge on any atom is -0.325 e. The van der Waals surface area contributed by atoms with Crippen molar-refractivity contribution in [2.24, 2.45) is 0 Å². The molecule has 1 amide bonds. The lowest BCUT2D eigenvalue weighted by molar-refractivity contribution is -0.129. The molecule has 1 aliphatic heterocycles. The van der Waals surface area contributed by atoms with Gasteiger partial charge in [0, 0.05) is 29.4 Å². The van der Waals surface area contributed by atoms with Crippen molar-refractivity contribution >= 4 is 16.7 Å². The molecule has 1 fully saturated rings. The molecule has 5 heteroatoms. The lowest BCUT2D eigenvalue weighted by Crippen LogP contribution is -2.39. The number of carbonyl (C=O) groups excluding carboxylic acids is 1. The van der Waals surface area contributed by atoms with Gasteiger partial charge in [-0.05, 0) is 12.8 Å². The van der Waals surface area contributed by atoms with Gasteiger partial charge in [-0.2, -0.15) is 0 Å². The van der Waals surface area contributed by atoms with Crippen LogP contribution in [0.1, 0.15) is 33.1 Å². The molecule has 0 aromatic heterocycles. The zero-order valence-corrected chi connectivity index (χ0v) is 11.2. The molecule has 0 saturated carbocycles. The van der Waals surface area contributed by atoms with E-state index in [1.807, 2.05) is 11.8 Å². The van der Waals surface area contributed by atoms with E-state index in [2.05, 4.69) is 12.2 Å². The average Bonchev–Trinajstić information content (AvgIpc) is 2.53. The molecule has 1 saturated heterocycles. The highest BCUT2D eigenvalue weighted by Crippen LogP contribution is 2.16. The van der Waals surface area contributed by atoms with Crippen molar-refractivity contribution in [3.05, 3.63) is 0 Å². The second kappa shape index (κ2) is 6.35. The van der Waals surface area contributed by atoms with Crippen molar-refractivity contribution in [1.82, 2.24) is 10.2 Å². The van der Waals surface area contributed by atoms with Gasteiger partial charge in [-0.15, -0.1) is 0 Å². The summed E-state index contributed by atoms with van der Waals surface area (Å²) in [4.78, 5) is 13.9. The molecule has 0 radical (unpaired) electrons. The number of hydrogen-bond acceptors (Lipinski definition) is 3. The van der Waals surface area contributed by atoms with Gasteiger partial charge in [0.2, 0.25) is 5.91 Å². The highest BCUT2D eigenvalue weighted by atomic mass is 32.2. The Hall–Kier alpha value is -0.420. The maximum absolute atomic E-state index is 12.0. The maximum atomic E-state index is 12.0. The normalized spacial score (nSPS) is 27.4. The molecular formula is C11H22N2O2S. The first kappa shape index (κ1) is 13.6. The predicted molar refractivity (Wildman–Crippen MR) is 66.6 cm³/mol. The van der Waals surface area contributed by atoms with Gasteiger partial charge in [-0.3, -0.25) is 14.3 Å². The standard InChI is InChI=1S/C11H22N2O2S/c1-4-6-10-12-9(5-2)11(14)13(10)7-8-16(3)15/h9-10,12H,4-8H2,1-3H3. The molecule has 0 aromatic rings. The first-order chi connectivity index (χ1) is 7.60. The SMILES string of the molecule is CCCC1NC(CC)C(=O)N1CCS(C)=O. The highest BCUT2D eigenvalue weighted by Gasteiger charge is 2.36. The van der Waals surface area contributed by atoms with Crippen LogP contribution >= 0.6 is 0 Å². The highest BCUT2D eigenvalue weighted by molar-refractivity contribution is 7.84. The fourth-order valence-corrected chi connectivity index (χ4v) is 2.50. The van der Waals surface area contributed by atoms with Crippen LogP contribution in [0.2, 0.25) is 0 Å². The number of carbonyl (C=O) groups is 1. The van der Waals surface area contributed by atoms with Crippen molar-refractivity contribution in [1.29, 1.82) is 0 Å². The topological polar surface area (TPSA) is 49.4 Å². The summed E-state index contributed by atoms with van der Waals surface area (Å²) in [5.41, 5.74) is 0. The van der Waals surface area contributed by atoms with Gasteiger partial charge < -0.3 is 4.90 Å². The molecule has 1 rings (SSSR count). The number of rotatable bonds is 6. The maximum Gasteiger partial charge on any atom is 0.241 e. The van der Waals surface area contributed by atoms with E-state index in [1.54, 1.807) is 6.26 Å². The number of nitrogens with zero attached hydrogens (tertiary/aromatic N) is 1. The molecule has 3 atom stereocenters. The summed E-state index contributed by atoms with van der Waals surface area (Å²) < 4.78 is 11.1. The van der Waals surface area contributed by atoms with Crippen LogP contribution in [0.3, 0.4) is 0 Å². The van der Waals surface area contributed by atoms with E-state index in [9.17, 15) is 9.00 Å². The smallest absolute Gasteiger partial charge is 0.241 e. The Morgan fingerprint density at radius 1 is 1.44 bits per heavy atom. The monoisotopic (exact) mass is 246 g/mol. The molecule has 0 bridgehead atoms. The molecule has 0 aliphatic carbocycles. The number of nitrogens with one attached hydrogen (secondary N) is 1. The first-order valence-electron chi connectivity index (χ1n) is 5.96. The van der Waals surface area contributed by atoms with Gasteiger partial charge in [0.15, 0.2) is 0 Å². The van der Waals surface area contributed by atoms with Crippen LogP contribution < -0.4 is 5.32 Å². The van der Waals surface area contributed by atoms with E-state index in [4.69, 9.17) is 0 Å². The minimum absolute atomic E-state index is 0.0400. The Bertz CT molecular complexity index is 271. The third-order valence-electron chi connectivity index (χ3n) is 2.94. The molecule has 16 heavy (non-hydrogen) atoms. The average molecular weight is 246 g/mol. The second-order valence-electron chi connectivity index (χ2n) is 4.24. The van der Waals surface area contributed by atoms with Crippen LogP contribution in [0.5, 0.6) is 0 Å². The zero-order chi connectivity index (χ0) is 12.1.